The summed E-state index contributed by atoms with van der Waals surface area (Å²) in [7, 11) is 0. The van der Waals surface area contributed by atoms with E-state index in [9.17, 15) is 0 Å². The van der Waals surface area contributed by atoms with E-state index in [1.165, 1.54) is 121 Å². The Kier molecular flexibility index (Phi) is 7.80. The minimum absolute atomic E-state index is 0.872. The lowest BCUT2D eigenvalue weighted by atomic mass is 10.1. The number of thiophene rings is 8. The molecule has 12 heterocycles. The minimum Gasteiger partial charge on any atom is -0.299 e. The summed E-state index contributed by atoms with van der Waals surface area (Å²) in [5.41, 5.74) is 8.83. The molecule has 0 spiro atoms. The van der Waals surface area contributed by atoms with Gasteiger partial charge in [0, 0.05) is 88.4 Å². The van der Waals surface area contributed by atoms with Gasteiger partial charge in [0.2, 0.25) is 0 Å². The predicted molar refractivity (Wildman–Crippen MR) is 279 cm³/mol. The predicted octanol–water partition coefficient (Wildman–Crippen LogP) is 18.0. The van der Waals surface area contributed by atoms with Crippen LogP contribution in [0.25, 0.3) is 123 Å². The zero-order valence-corrected chi connectivity index (χ0v) is 40.0. The van der Waals surface area contributed by atoms with Crippen LogP contribution < -0.4 is 0 Å². The van der Waals surface area contributed by atoms with Crippen LogP contribution in [0.5, 0.6) is 0 Å². The van der Waals surface area contributed by atoms with Crippen LogP contribution in [-0.2, 0) is 0 Å². The molecule has 0 atom stereocenters. The summed E-state index contributed by atoms with van der Waals surface area (Å²) in [6.07, 6.45) is 4.15. The number of hydrogen-bond donors (Lipinski definition) is 0. The lowest BCUT2D eigenvalue weighted by molar-refractivity contribution is 1.19. The zero-order valence-electron chi connectivity index (χ0n) is 33.4. The normalized spacial score (nSPS) is 12.5. The van der Waals surface area contributed by atoms with Gasteiger partial charge in [0.25, 0.3) is 0 Å². The number of fused-ring (bicyclic) bond motifs is 10. The molecule has 298 valence electrons. The molecule has 62 heavy (non-hydrogen) atoms. The molecule has 0 radical (unpaired) electrons. The summed E-state index contributed by atoms with van der Waals surface area (Å²) in [5.74, 6) is 0. The molecule has 12 heteroatoms. The van der Waals surface area contributed by atoms with Crippen molar-refractivity contribution in [2.24, 2.45) is 0 Å². The maximum absolute atomic E-state index is 5.22. The Bertz CT molecular complexity index is 3780. The molecule has 0 unspecified atom stereocenters. The largest absolute Gasteiger partial charge is 0.299 e. The van der Waals surface area contributed by atoms with Crippen LogP contribution in [0.4, 0.5) is 0 Å². The van der Waals surface area contributed by atoms with E-state index in [1.807, 2.05) is 90.7 Å². The lowest BCUT2D eigenvalue weighted by Gasteiger charge is -2.06. The van der Waals surface area contributed by atoms with Gasteiger partial charge < -0.3 is 0 Å². The lowest BCUT2D eigenvalue weighted by Crippen LogP contribution is -1.93. The van der Waals surface area contributed by atoms with Crippen molar-refractivity contribution < 1.29 is 0 Å². The first-order valence-corrected chi connectivity index (χ1v) is 26.7. The van der Waals surface area contributed by atoms with Crippen molar-refractivity contribution in [1.29, 1.82) is 0 Å². The third-order valence-electron chi connectivity index (χ3n) is 11.9. The Morgan fingerprint density at radius 1 is 0.339 bits per heavy atom. The smallest absolute Gasteiger partial charge is 0.102 e. The van der Waals surface area contributed by atoms with Crippen LogP contribution in [0.3, 0.4) is 0 Å². The second-order valence-electron chi connectivity index (χ2n) is 16.0. The third kappa shape index (κ3) is 5.48. The van der Waals surface area contributed by atoms with Crippen molar-refractivity contribution in [2.45, 2.75) is 27.7 Å². The van der Waals surface area contributed by atoms with Crippen LogP contribution in [0.1, 0.15) is 19.5 Å². The zero-order chi connectivity index (χ0) is 41.1. The standard InChI is InChI=1S/C50H30N4S8/c1-23-9-41-45(55-23)17-39(59-41)27-5-7-35-29(13-27)31-15-33(51-21-37(31)53(35)49-19-47-43(61-49)11-25(3)57-47)34-16-32-30-14-28(40-18-46-42(60-40)10-24(2)56-46)6-8-36(30)54(38(32)22-52-34)50-20-48-44(62-50)12-26(4)58-48/h5-22H,1-4H3. The van der Waals surface area contributed by atoms with Crippen LogP contribution >= 0.6 is 90.7 Å². The van der Waals surface area contributed by atoms with Gasteiger partial charge in [0.1, 0.15) is 10.0 Å². The van der Waals surface area contributed by atoms with E-state index >= 15 is 0 Å². The van der Waals surface area contributed by atoms with Crippen molar-refractivity contribution in [2.75, 3.05) is 0 Å². The topological polar surface area (TPSA) is 35.6 Å². The fourth-order valence-corrected chi connectivity index (χ4v) is 18.5. The Hall–Kier alpha value is -5.02. The first kappa shape index (κ1) is 36.5. The van der Waals surface area contributed by atoms with Crippen LogP contribution in [-0.4, -0.2) is 19.1 Å². The summed E-state index contributed by atoms with van der Waals surface area (Å²) in [5, 5.41) is 7.25. The molecule has 14 aromatic rings. The van der Waals surface area contributed by atoms with E-state index < -0.39 is 0 Å². The molecule has 12 aromatic heterocycles. The fourth-order valence-electron chi connectivity index (χ4n) is 9.20. The second-order valence-corrected chi connectivity index (χ2v) is 25.5. The Balaban J connectivity index is 0.974. The maximum Gasteiger partial charge on any atom is 0.102 e. The van der Waals surface area contributed by atoms with E-state index in [4.69, 9.17) is 9.97 Å². The molecule has 2 aromatic carbocycles. The maximum atomic E-state index is 5.22. The van der Waals surface area contributed by atoms with Gasteiger partial charge in [-0.05, 0) is 124 Å². The average molecular weight is 943 g/mol. The number of benzene rings is 2. The van der Waals surface area contributed by atoms with E-state index in [-0.39, 0.29) is 0 Å². The molecule has 0 fully saturated rings. The van der Waals surface area contributed by atoms with Gasteiger partial charge in [-0.1, -0.05) is 12.1 Å². The molecule has 0 amide bonds. The first-order chi connectivity index (χ1) is 30.2. The summed E-state index contributed by atoms with van der Waals surface area (Å²) in [6, 6.07) is 37.3. The van der Waals surface area contributed by atoms with E-state index in [0.717, 1.165) is 22.4 Å². The summed E-state index contributed by atoms with van der Waals surface area (Å²) in [6.45, 7) is 8.78. The molecular formula is C50H30N4S8. The molecule has 0 N–H and O–H groups in total. The number of rotatable bonds is 5. The van der Waals surface area contributed by atoms with Crippen LogP contribution in [0, 0.1) is 27.7 Å². The van der Waals surface area contributed by atoms with Crippen LogP contribution in [0.15, 0.2) is 109 Å². The van der Waals surface area contributed by atoms with Gasteiger partial charge >= 0.3 is 0 Å². The molecule has 4 nitrogen and oxygen atoms in total. The van der Waals surface area contributed by atoms with Gasteiger partial charge in [0.15, 0.2) is 0 Å². The number of aromatic nitrogens is 4. The fraction of sp³-hybridized carbons (Fsp3) is 0.0800. The number of pyridine rings is 2. The monoisotopic (exact) mass is 942 g/mol. The molecule has 0 aliphatic heterocycles. The highest BCUT2D eigenvalue weighted by Gasteiger charge is 2.22. The highest BCUT2D eigenvalue weighted by molar-refractivity contribution is 7.31. The van der Waals surface area contributed by atoms with Gasteiger partial charge in [-0.3, -0.25) is 19.1 Å². The molecule has 0 saturated carbocycles. The summed E-state index contributed by atoms with van der Waals surface area (Å²) < 4.78 is 15.6. The van der Waals surface area contributed by atoms with Crippen molar-refractivity contribution in [3.8, 4) is 42.3 Å². The Morgan fingerprint density at radius 3 is 1.08 bits per heavy atom. The van der Waals surface area contributed by atoms with Gasteiger partial charge in [-0.15, -0.1) is 90.7 Å². The minimum atomic E-state index is 0.872. The van der Waals surface area contributed by atoms with Gasteiger partial charge in [-0.2, -0.15) is 0 Å². The van der Waals surface area contributed by atoms with Crippen molar-refractivity contribution >= 4 is 172 Å². The SMILES string of the molecule is Cc1cc2sc(-c3ccc4c(c3)c3cc(-c5cc6c7cc(-c8cc9sc(C)cc9s8)ccc7n(-c7cc8sc(C)cc8s7)c6cn5)ncc3n4-c3cc4sc(C)cc4s3)cc2s1. The molecule has 14 rings (SSSR count). The molecule has 0 saturated heterocycles. The van der Waals surface area contributed by atoms with E-state index in [2.05, 4.69) is 146 Å². The molecule has 0 aliphatic carbocycles. The summed E-state index contributed by atoms with van der Waals surface area (Å²) >= 11 is 15.0. The molecular weight excluding hydrogens is 913 g/mol. The quantitative estimate of drug-likeness (QED) is 0.172. The molecule has 0 bridgehead atoms. The Labute approximate surface area is 386 Å². The number of aryl methyl sites for hydroxylation is 4. The second kappa shape index (κ2) is 13.3. The van der Waals surface area contributed by atoms with E-state index in [1.54, 1.807) is 0 Å². The highest BCUT2D eigenvalue weighted by atomic mass is 32.1. The van der Waals surface area contributed by atoms with Crippen molar-refractivity contribution in [3.63, 3.8) is 0 Å². The van der Waals surface area contributed by atoms with Gasteiger partial charge in [0.05, 0.1) is 45.8 Å². The van der Waals surface area contributed by atoms with E-state index in [0.29, 0.717) is 0 Å². The average Bonchev–Trinajstić information content (AvgIpc) is 4.11. The molecule has 0 aliphatic rings. The third-order valence-corrected chi connectivity index (χ3v) is 20.8. The number of nitrogens with zero attached hydrogens (tertiary/aromatic N) is 4. The van der Waals surface area contributed by atoms with Crippen LogP contribution in [0.2, 0.25) is 0 Å². The summed E-state index contributed by atoms with van der Waals surface area (Å²) in [4.78, 5) is 18.5. The Morgan fingerprint density at radius 2 is 0.694 bits per heavy atom. The number of hydrogen-bond acceptors (Lipinski definition) is 10. The highest BCUT2D eigenvalue weighted by Crippen LogP contribution is 2.46. The first-order valence-electron chi connectivity index (χ1n) is 20.1. The van der Waals surface area contributed by atoms with Crippen molar-refractivity contribution in [1.82, 2.24) is 19.1 Å². The van der Waals surface area contributed by atoms with Gasteiger partial charge in [-0.25, -0.2) is 0 Å². The van der Waals surface area contributed by atoms with Crippen molar-refractivity contribution in [3.05, 3.63) is 129 Å².